The second-order valence-corrected chi connectivity index (χ2v) is 27.6. The Morgan fingerprint density at radius 3 is 1.77 bits per heavy atom. The molecule has 0 bridgehead atoms. The molecule has 87 heavy (non-hydrogen) atoms. The normalized spacial score (nSPS) is 26.1. The maximum Gasteiger partial charge on any atom is 0.423 e. The zero-order valence-corrected chi connectivity index (χ0v) is 54.4. The van der Waals surface area contributed by atoms with Crippen molar-refractivity contribution in [1.82, 2.24) is 15.7 Å². The maximum absolute atomic E-state index is 15.1. The largest absolute Gasteiger partial charge is 0.443 e. The number of thioether (sulfide) groups is 2. The van der Waals surface area contributed by atoms with Gasteiger partial charge in [-0.3, -0.25) is 9.59 Å². The Kier molecular flexibility index (Phi) is 21.6. The molecule has 5 aromatic carbocycles. The molecule has 0 unspecified atom stereocenters. The van der Waals surface area contributed by atoms with Gasteiger partial charge in [0.25, 0.3) is 11.8 Å². The highest BCUT2D eigenvalue weighted by Crippen LogP contribution is 2.49. The molecule has 5 fully saturated rings. The van der Waals surface area contributed by atoms with Crippen molar-refractivity contribution in [3.63, 3.8) is 0 Å². The number of aliphatic imine (C=N–C) groups is 2. The average molecular weight is 1430 g/mol. The molecule has 8 heterocycles. The average Bonchev–Trinajstić information content (AvgIpc) is 1.69. The van der Waals surface area contributed by atoms with E-state index < -0.39 is 40.0 Å². The third kappa shape index (κ3) is 15.1. The van der Waals surface area contributed by atoms with Crippen LogP contribution in [0.2, 0.25) is 0 Å². The lowest BCUT2D eigenvalue weighted by atomic mass is 9.76. The lowest BCUT2D eigenvalue weighted by Gasteiger charge is -2.45. The van der Waals surface area contributed by atoms with Gasteiger partial charge in [-0.15, -0.1) is 0 Å². The Balaban J connectivity index is 0.000000139. The quantitative estimate of drug-likeness (QED) is 0.170. The Morgan fingerprint density at radius 2 is 1.17 bits per heavy atom. The van der Waals surface area contributed by atoms with Gasteiger partial charge in [-0.25, -0.2) is 28.0 Å². The molecule has 0 aromatic heterocycles. The van der Waals surface area contributed by atoms with Crippen LogP contribution < -0.4 is 10.8 Å². The number of amides is 3. The van der Waals surface area contributed by atoms with E-state index in [1.165, 1.54) is 41.7 Å². The summed E-state index contributed by atoms with van der Waals surface area (Å²) >= 11 is 13.0. The fourth-order valence-corrected chi connectivity index (χ4v) is 15.0. The molecule has 5 saturated heterocycles. The van der Waals surface area contributed by atoms with Crippen LogP contribution in [-0.2, 0) is 50.0 Å². The number of carbonyl (C=O) groups is 3. The molecule has 0 aliphatic carbocycles. The van der Waals surface area contributed by atoms with Crippen LogP contribution in [0.1, 0.15) is 83.9 Å². The summed E-state index contributed by atoms with van der Waals surface area (Å²) in [5, 5.41) is 7.41. The molecule has 24 heteroatoms. The number of halogens is 6. The summed E-state index contributed by atoms with van der Waals surface area (Å²) in [5.74, 6) is 0.552. The van der Waals surface area contributed by atoms with Crippen molar-refractivity contribution in [3.05, 3.63) is 174 Å². The molecule has 16 nitrogen and oxygen atoms in total. The number of fused-ring (bicyclic) bond motifs is 4. The van der Waals surface area contributed by atoms with Crippen molar-refractivity contribution in [2.45, 2.75) is 68.7 Å². The minimum absolute atomic E-state index is 0.0221. The number of amidine groups is 2. The Morgan fingerprint density at radius 1 is 0.644 bits per heavy atom. The number of hydrogen-bond donors (Lipinski definition) is 2. The first kappa shape index (κ1) is 65.0. The second-order valence-electron chi connectivity index (χ2n) is 22.9. The van der Waals surface area contributed by atoms with Crippen molar-refractivity contribution < 1.29 is 60.9 Å². The summed E-state index contributed by atoms with van der Waals surface area (Å²) in [6.45, 7) is 10.9. The van der Waals surface area contributed by atoms with E-state index in [-0.39, 0.29) is 47.1 Å². The maximum atomic E-state index is 15.1. The molecule has 7 atom stereocenters. The fraction of sp³-hybridized carbons (Fsp3) is 0.429. The molecule has 8 aliphatic rings. The Hall–Kier alpha value is -4.99. The molecular weight excluding hydrogens is 1360 g/mol. The monoisotopic (exact) mass is 1420 g/mol. The minimum atomic E-state index is -1.07. The predicted octanol–water partition coefficient (Wildman–Crippen LogP) is 13.1. The van der Waals surface area contributed by atoms with Gasteiger partial charge in [0, 0.05) is 103 Å². The van der Waals surface area contributed by atoms with Crippen LogP contribution in [0, 0.1) is 41.1 Å². The number of nitrogens with one attached hydrogen (secondary N) is 2. The number of nitrogens with zero attached hydrogens (tertiary/aromatic N) is 4. The SMILES string of the molecule is C1C[C@H]2CON=C2CO1.CC(C)(C)OC(=O)N(C(=O)c1ccccc1)C1=N[C@@]2(c3cc(Br)ccc3F)COCC[C@H]2CS1.Fc1ccc(Br)cc1[C@]12COCC[C@H]1CON2.O=C(NC1=N[C@@]2(c3cc(Br)ccc3F)COCC[C@H]2CS1)c1ccccc1. The first-order valence-electron chi connectivity index (χ1n) is 28.6. The third-order valence-corrected chi connectivity index (χ3v) is 19.7. The van der Waals surface area contributed by atoms with Crippen molar-refractivity contribution in [2.24, 2.45) is 38.8 Å². The van der Waals surface area contributed by atoms with Gasteiger partial charge in [0.1, 0.15) is 40.7 Å². The summed E-state index contributed by atoms with van der Waals surface area (Å²) in [6.07, 6.45) is 2.64. The minimum Gasteiger partial charge on any atom is -0.443 e. The summed E-state index contributed by atoms with van der Waals surface area (Å²) in [5.41, 5.74) is 3.21. The number of carbonyl (C=O) groups excluding carboxylic acids is 3. The zero-order valence-electron chi connectivity index (χ0n) is 48.0. The van der Waals surface area contributed by atoms with Crippen LogP contribution in [0.25, 0.3) is 0 Å². The molecule has 0 spiro atoms. The standard InChI is InChI=1S/C25H26BrFN2O4S.C20H18BrFN2O2S.C12H13BrFNO2.C6H9NO2/c1-24(2,3)33-23(31)29(21(30)16-7-5-4-6-8-16)22-28-25(15-32-12-11-17(25)14-34-22)19-13-18(26)9-10-20(19)27;21-15-6-7-17(22)16(10-15)20-12-26-9-8-14(20)11-27-19(24-20)23-18(25)13-4-2-1-3-5-13;13-9-1-2-11(14)10(5-9)12-7-16-4-3-8(12)6-17-15-12;1-2-8-4-6-5(1)3-9-7-6/h4-10,13,17H,11-12,14-15H2,1-3H3;1-7,10,14H,8-9,11-12H2,(H,23,24,25);1-2,5,8,15H,3-4,6-7H2;5H,1-4H2/t17-,25-;14-,20-;8-,12-;5-/m0000/s1. The molecule has 8 aliphatic heterocycles. The molecule has 462 valence electrons. The van der Waals surface area contributed by atoms with E-state index in [4.69, 9.17) is 43.3 Å². The number of oxime groups is 1. The Bertz CT molecular complexity index is 3390. The summed E-state index contributed by atoms with van der Waals surface area (Å²) in [7, 11) is 0. The summed E-state index contributed by atoms with van der Waals surface area (Å²) in [4.78, 5) is 60.2. The summed E-state index contributed by atoms with van der Waals surface area (Å²) in [6, 6.07) is 32.1. The van der Waals surface area contributed by atoms with E-state index in [1.54, 1.807) is 99.6 Å². The van der Waals surface area contributed by atoms with Crippen LogP contribution in [0.15, 0.2) is 144 Å². The van der Waals surface area contributed by atoms with E-state index in [2.05, 4.69) is 63.7 Å². The molecule has 0 saturated carbocycles. The first-order valence-corrected chi connectivity index (χ1v) is 32.9. The number of rotatable bonds is 5. The number of imide groups is 1. The van der Waals surface area contributed by atoms with E-state index in [9.17, 15) is 23.2 Å². The van der Waals surface area contributed by atoms with Crippen LogP contribution in [0.4, 0.5) is 18.0 Å². The van der Waals surface area contributed by atoms with Gasteiger partial charge in [-0.2, -0.15) is 10.4 Å². The van der Waals surface area contributed by atoms with Gasteiger partial charge in [-0.1, -0.05) is 113 Å². The van der Waals surface area contributed by atoms with E-state index in [0.29, 0.717) is 102 Å². The number of benzene rings is 5. The van der Waals surface area contributed by atoms with Crippen molar-refractivity contribution >= 4 is 105 Å². The van der Waals surface area contributed by atoms with Crippen LogP contribution in [0.5, 0.6) is 0 Å². The van der Waals surface area contributed by atoms with Crippen molar-refractivity contribution in [3.8, 4) is 0 Å². The zero-order chi connectivity index (χ0) is 61.3. The molecule has 2 N–H and O–H groups in total. The molecular formula is C63H66Br3F3N6O10S2. The van der Waals surface area contributed by atoms with Crippen LogP contribution in [-0.4, -0.2) is 122 Å². The van der Waals surface area contributed by atoms with Crippen LogP contribution >= 0.6 is 71.3 Å². The van der Waals surface area contributed by atoms with Crippen LogP contribution in [0.3, 0.4) is 0 Å². The third-order valence-electron chi connectivity index (χ3n) is 16.1. The highest BCUT2D eigenvalue weighted by molar-refractivity contribution is 9.11. The molecule has 5 aromatic rings. The summed E-state index contributed by atoms with van der Waals surface area (Å²) < 4.78 is 74.0. The lowest BCUT2D eigenvalue weighted by molar-refractivity contribution is -0.0226. The highest BCUT2D eigenvalue weighted by atomic mass is 79.9. The van der Waals surface area contributed by atoms with Gasteiger partial charge >= 0.3 is 6.09 Å². The van der Waals surface area contributed by atoms with Gasteiger partial charge in [0.05, 0.1) is 44.3 Å². The van der Waals surface area contributed by atoms with E-state index >= 15 is 4.39 Å². The fourth-order valence-electron chi connectivity index (χ4n) is 11.5. The van der Waals surface area contributed by atoms with Crippen molar-refractivity contribution in [1.29, 1.82) is 0 Å². The highest BCUT2D eigenvalue weighted by Gasteiger charge is 2.52. The Labute approximate surface area is 537 Å². The number of hydrogen-bond acceptors (Lipinski definition) is 16. The van der Waals surface area contributed by atoms with Gasteiger partial charge in [0.2, 0.25) is 0 Å². The smallest absolute Gasteiger partial charge is 0.423 e. The molecule has 3 amide bonds. The van der Waals surface area contributed by atoms with E-state index in [1.807, 2.05) is 18.2 Å². The molecule has 0 radical (unpaired) electrons. The topological polar surface area (TPSA) is 180 Å². The predicted molar refractivity (Wildman–Crippen MR) is 338 cm³/mol. The molecule has 13 rings (SSSR count). The van der Waals surface area contributed by atoms with Gasteiger partial charge in [0.15, 0.2) is 10.3 Å². The van der Waals surface area contributed by atoms with E-state index in [0.717, 1.165) is 57.8 Å². The van der Waals surface area contributed by atoms with Crippen molar-refractivity contribution in [2.75, 3.05) is 77.6 Å². The van der Waals surface area contributed by atoms with Gasteiger partial charge < -0.3 is 38.7 Å². The first-order chi connectivity index (χ1) is 41.9. The number of ether oxygens (including phenoxy) is 5. The number of hydroxylamine groups is 1. The lowest BCUT2D eigenvalue weighted by Crippen LogP contribution is -2.51. The second kappa shape index (κ2) is 28.9. The van der Waals surface area contributed by atoms with Gasteiger partial charge in [-0.05, 0) is 125 Å².